The number of nitrogens with zero attached hydrogens (tertiary/aromatic N) is 4. The van der Waals surface area contributed by atoms with Crippen molar-refractivity contribution in [3.05, 3.63) is 53.1 Å². The summed E-state index contributed by atoms with van der Waals surface area (Å²) >= 11 is 7.66. The smallest absolute Gasteiger partial charge is 0.247 e. The summed E-state index contributed by atoms with van der Waals surface area (Å²) in [7, 11) is 1.61. The van der Waals surface area contributed by atoms with Crippen molar-refractivity contribution in [2.24, 2.45) is 0 Å². The van der Waals surface area contributed by atoms with Gasteiger partial charge in [-0.2, -0.15) is 4.98 Å². The van der Waals surface area contributed by atoms with Crippen LogP contribution in [0.2, 0.25) is 5.02 Å². The molecular formula is C22H21ClN4O3S. The first-order valence-electron chi connectivity index (χ1n) is 9.77. The second-order valence-corrected chi connectivity index (χ2v) is 8.08. The highest BCUT2D eigenvalue weighted by molar-refractivity contribution is 7.98. The number of benzene rings is 2. The Balaban J connectivity index is 1.95. The van der Waals surface area contributed by atoms with Gasteiger partial charge < -0.3 is 9.47 Å². The normalized spacial score (nSPS) is 14.8. The van der Waals surface area contributed by atoms with E-state index in [9.17, 15) is 4.79 Å². The van der Waals surface area contributed by atoms with Crippen molar-refractivity contribution in [3.8, 4) is 22.9 Å². The van der Waals surface area contributed by atoms with Crippen LogP contribution < -0.4 is 14.4 Å². The van der Waals surface area contributed by atoms with E-state index in [-0.39, 0.29) is 5.91 Å². The number of ether oxygens (including phenoxy) is 2. The monoisotopic (exact) mass is 456 g/mol. The van der Waals surface area contributed by atoms with Crippen LogP contribution in [0.3, 0.4) is 0 Å². The molecule has 0 aliphatic carbocycles. The van der Waals surface area contributed by atoms with Crippen LogP contribution in [-0.2, 0) is 4.79 Å². The minimum atomic E-state index is -0.738. The number of hydrogen-bond donors (Lipinski definition) is 0. The number of methoxy groups -OCH3 is 1. The third-order valence-electron chi connectivity index (χ3n) is 4.88. The molecule has 0 N–H and O–H groups in total. The lowest BCUT2D eigenvalue weighted by atomic mass is 10.1. The molecule has 0 unspecified atom stereocenters. The fourth-order valence-corrected chi connectivity index (χ4v) is 3.88. The van der Waals surface area contributed by atoms with E-state index in [1.54, 1.807) is 24.1 Å². The van der Waals surface area contributed by atoms with E-state index >= 15 is 0 Å². The van der Waals surface area contributed by atoms with Crippen molar-refractivity contribution in [3.63, 3.8) is 0 Å². The van der Waals surface area contributed by atoms with Crippen LogP contribution in [0, 0.1) is 0 Å². The quantitative estimate of drug-likeness (QED) is 0.491. The number of fused-ring (bicyclic) bond motifs is 3. The average molecular weight is 457 g/mol. The van der Waals surface area contributed by atoms with E-state index in [1.165, 1.54) is 11.8 Å². The number of anilines is 1. The Hall–Kier alpha value is -2.84. The van der Waals surface area contributed by atoms with Crippen LogP contribution in [0.5, 0.6) is 11.6 Å². The molecule has 9 heteroatoms. The summed E-state index contributed by atoms with van der Waals surface area (Å²) in [6.45, 7) is 1.97. The maximum absolute atomic E-state index is 13.3. The summed E-state index contributed by atoms with van der Waals surface area (Å²) in [6.07, 6.45) is 2.19. The molecule has 3 aromatic rings. The second kappa shape index (κ2) is 9.11. The molecule has 2 heterocycles. The molecule has 0 saturated carbocycles. The molecule has 0 fully saturated rings. The van der Waals surface area contributed by atoms with Crippen molar-refractivity contribution in [1.29, 1.82) is 0 Å². The lowest BCUT2D eigenvalue weighted by Crippen LogP contribution is -2.37. The van der Waals surface area contributed by atoms with Gasteiger partial charge >= 0.3 is 0 Å². The maximum Gasteiger partial charge on any atom is 0.247 e. The van der Waals surface area contributed by atoms with Crippen molar-refractivity contribution >= 4 is 35.0 Å². The van der Waals surface area contributed by atoms with Crippen molar-refractivity contribution in [2.75, 3.05) is 18.3 Å². The Morgan fingerprint density at radius 3 is 2.68 bits per heavy atom. The van der Waals surface area contributed by atoms with Gasteiger partial charge in [0.05, 0.1) is 12.8 Å². The molecule has 0 saturated heterocycles. The van der Waals surface area contributed by atoms with Crippen molar-refractivity contribution in [2.45, 2.75) is 31.1 Å². The van der Waals surface area contributed by atoms with Gasteiger partial charge in [-0.3, -0.25) is 9.69 Å². The predicted molar refractivity (Wildman–Crippen MR) is 121 cm³/mol. The second-order valence-electron chi connectivity index (χ2n) is 6.87. The SMILES string of the molecule is CCCC(=O)N1c2ccc(Cl)cc2-c2nnc(SC)nc2O[C@H]1c1ccc(OC)cc1. The lowest BCUT2D eigenvalue weighted by Gasteiger charge is -2.31. The van der Waals surface area contributed by atoms with E-state index in [0.717, 1.165) is 5.56 Å². The number of amides is 1. The summed E-state index contributed by atoms with van der Waals surface area (Å²) in [6, 6.07) is 12.7. The number of rotatable bonds is 5. The van der Waals surface area contributed by atoms with Crippen LogP contribution in [-0.4, -0.2) is 34.5 Å². The molecule has 1 aromatic heterocycles. The molecule has 0 radical (unpaired) electrons. The highest BCUT2D eigenvalue weighted by atomic mass is 35.5. The van der Waals surface area contributed by atoms with Crippen molar-refractivity contribution < 1.29 is 14.3 Å². The average Bonchev–Trinajstić information content (AvgIpc) is 2.93. The van der Waals surface area contributed by atoms with E-state index in [4.69, 9.17) is 21.1 Å². The van der Waals surface area contributed by atoms with Gasteiger partial charge in [0.2, 0.25) is 23.2 Å². The van der Waals surface area contributed by atoms with E-state index in [0.29, 0.717) is 51.6 Å². The maximum atomic E-state index is 13.3. The summed E-state index contributed by atoms with van der Waals surface area (Å²) in [5.74, 6) is 0.943. The molecule has 1 atom stereocenters. The third-order valence-corrected chi connectivity index (χ3v) is 5.66. The number of carbonyl (C=O) groups is 1. The number of aromatic nitrogens is 3. The van der Waals surface area contributed by atoms with Crippen LogP contribution in [0.4, 0.5) is 5.69 Å². The molecule has 1 aliphatic rings. The van der Waals surface area contributed by atoms with Crippen LogP contribution >= 0.6 is 23.4 Å². The number of halogens is 1. The molecule has 31 heavy (non-hydrogen) atoms. The Labute approximate surface area is 189 Å². The topological polar surface area (TPSA) is 77.4 Å². The zero-order valence-corrected chi connectivity index (χ0v) is 18.9. The van der Waals surface area contributed by atoms with Gasteiger partial charge in [-0.15, -0.1) is 10.2 Å². The Morgan fingerprint density at radius 2 is 2.00 bits per heavy atom. The Morgan fingerprint density at radius 1 is 1.23 bits per heavy atom. The molecule has 7 nitrogen and oxygen atoms in total. The third kappa shape index (κ3) is 4.18. The van der Waals surface area contributed by atoms with E-state index < -0.39 is 6.23 Å². The van der Waals surface area contributed by atoms with E-state index in [2.05, 4.69) is 15.2 Å². The summed E-state index contributed by atoms with van der Waals surface area (Å²) in [5.41, 5.74) is 2.52. The van der Waals surface area contributed by atoms with Gasteiger partial charge in [-0.1, -0.05) is 30.3 Å². The predicted octanol–water partition coefficient (Wildman–Crippen LogP) is 5.15. The Bertz CT molecular complexity index is 1110. The van der Waals surface area contributed by atoms with Gasteiger partial charge in [0.1, 0.15) is 5.75 Å². The fourth-order valence-electron chi connectivity index (χ4n) is 3.41. The van der Waals surface area contributed by atoms with E-state index in [1.807, 2.05) is 43.5 Å². The molecule has 0 bridgehead atoms. The minimum Gasteiger partial charge on any atom is -0.497 e. The van der Waals surface area contributed by atoms with Crippen LogP contribution in [0.15, 0.2) is 47.6 Å². The molecule has 160 valence electrons. The first-order valence-corrected chi connectivity index (χ1v) is 11.4. The lowest BCUT2D eigenvalue weighted by molar-refractivity contribution is -0.120. The molecule has 1 aliphatic heterocycles. The van der Waals surface area contributed by atoms with Crippen LogP contribution in [0.25, 0.3) is 11.3 Å². The van der Waals surface area contributed by atoms with Gasteiger partial charge in [-0.25, -0.2) is 0 Å². The van der Waals surface area contributed by atoms with Gasteiger partial charge in [0, 0.05) is 22.6 Å². The molecule has 0 spiro atoms. The summed E-state index contributed by atoms with van der Waals surface area (Å²) in [4.78, 5) is 19.5. The van der Waals surface area contributed by atoms with Crippen LogP contribution in [0.1, 0.15) is 31.6 Å². The highest BCUT2D eigenvalue weighted by Gasteiger charge is 2.35. The Kier molecular flexibility index (Phi) is 6.29. The molecule has 1 amide bonds. The number of hydrogen-bond acceptors (Lipinski definition) is 7. The molecule has 4 rings (SSSR count). The molecule has 2 aromatic carbocycles. The van der Waals surface area contributed by atoms with Gasteiger partial charge in [-0.05, 0) is 55.1 Å². The number of carbonyl (C=O) groups excluding carboxylic acids is 1. The zero-order valence-electron chi connectivity index (χ0n) is 17.3. The van der Waals surface area contributed by atoms with Gasteiger partial charge in [0.15, 0.2) is 5.69 Å². The van der Waals surface area contributed by atoms with Gasteiger partial charge in [0.25, 0.3) is 0 Å². The standard InChI is InChI=1S/C22H21ClN4O3S/c1-4-5-18(28)27-17-11-8-14(23)12-16(17)19-20(24-22(31-3)26-25-19)30-21(27)13-6-9-15(29-2)10-7-13/h6-12,21H,4-5H2,1-3H3/t21-/m0/s1. The summed E-state index contributed by atoms with van der Waals surface area (Å²) in [5, 5.41) is 9.51. The zero-order chi connectivity index (χ0) is 22.0. The number of thioether (sulfide) groups is 1. The van der Waals surface area contributed by atoms with Crippen molar-refractivity contribution in [1.82, 2.24) is 15.2 Å². The first kappa shape index (κ1) is 21.4. The largest absolute Gasteiger partial charge is 0.497 e. The molecular weight excluding hydrogens is 436 g/mol. The highest BCUT2D eigenvalue weighted by Crippen LogP contribution is 2.44. The fraction of sp³-hybridized carbons (Fsp3) is 0.273. The minimum absolute atomic E-state index is 0.0715. The first-order chi connectivity index (χ1) is 15.0. The summed E-state index contributed by atoms with van der Waals surface area (Å²) < 4.78 is 11.6.